The molecular formula is C31H21NO. The summed E-state index contributed by atoms with van der Waals surface area (Å²) < 4.78 is 6.36. The van der Waals surface area contributed by atoms with E-state index in [2.05, 4.69) is 84.9 Å². The quantitative estimate of drug-likeness (QED) is 0.284. The zero-order valence-electron chi connectivity index (χ0n) is 18.0. The Labute approximate surface area is 192 Å². The molecular weight excluding hydrogens is 402 g/mol. The summed E-state index contributed by atoms with van der Waals surface area (Å²) in [5.41, 5.74) is 9.21. The second-order valence-electron chi connectivity index (χ2n) is 8.03. The van der Waals surface area contributed by atoms with Gasteiger partial charge in [0.15, 0.2) is 5.58 Å². The van der Waals surface area contributed by atoms with Gasteiger partial charge in [-0.05, 0) is 34.9 Å². The maximum Gasteiger partial charge on any atom is 0.153 e. The van der Waals surface area contributed by atoms with E-state index in [9.17, 15) is 0 Å². The van der Waals surface area contributed by atoms with Crippen molar-refractivity contribution in [2.45, 2.75) is 0 Å². The van der Waals surface area contributed by atoms with Gasteiger partial charge >= 0.3 is 0 Å². The van der Waals surface area contributed by atoms with Crippen molar-refractivity contribution < 1.29 is 4.42 Å². The lowest BCUT2D eigenvalue weighted by molar-refractivity contribution is 0.632. The lowest BCUT2D eigenvalue weighted by Gasteiger charge is -2.06. The van der Waals surface area contributed by atoms with Crippen molar-refractivity contribution in [1.29, 1.82) is 0 Å². The highest BCUT2D eigenvalue weighted by Crippen LogP contribution is 2.40. The maximum absolute atomic E-state index is 6.36. The minimum Gasteiger partial charge on any atom is -0.454 e. The largest absolute Gasteiger partial charge is 0.454 e. The zero-order valence-corrected chi connectivity index (χ0v) is 18.0. The second kappa shape index (κ2) is 8.25. The van der Waals surface area contributed by atoms with Gasteiger partial charge in [0.25, 0.3) is 0 Å². The van der Waals surface area contributed by atoms with Crippen molar-refractivity contribution in [2.24, 2.45) is 0 Å². The van der Waals surface area contributed by atoms with Crippen molar-refractivity contribution in [2.75, 3.05) is 0 Å². The molecule has 2 heterocycles. The van der Waals surface area contributed by atoms with Crippen LogP contribution < -0.4 is 0 Å². The SMILES string of the molecule is c1ccc(-c2cccc(-c3ccc4oc(-c5ccccc5)c(-c5ccccc5)c4n3)c2)cc1. The fraction of sp³-hybridized carbons (Fsp3) is 0. The molecule has 0 unspecified atom stereocenters. The van der Waals surface area contributed by atoms with E-state index in [-0.39, 0.29) is 0 Å². The molecule has 33 heavy (non-hydrogen) atoms. The van der Waals surface area contributed by atoms with Gasteiger partial charge in [0, 0.05) is 11.1 Å². The highest BCUT2D eigenvalue weighted by molar-refractivity contribution is 6.00. The number of benzene rings is 4. The number of furan rings is 1. The van der Waals surface area contributed by atoms with E-state index in [0.29, 0.717) is 0 Å². The average Bonchev–Trinajstić information content (AvgIpc) is 3.29. The van der Waals surface area contributed by atoms with Crippen LogP contribution in [0.5, 0.6) is 0 Å². The van der Waals surface area contributed by atoms with Crippen molar-refractivity contribution in [1.82, 2.24) is 4.98 Å². The highest BCUT2D eigenvalue weighted by atomic mass is 16.3. The number of pyridine rings is 1. The van der Waals surface area contributed by atoms with E-state index in [1.54, 1.807) is 0 Å². The molecule has 2 heteroatoms. The maximum atomic E-state index is 6.36. The summed E-state index contributed by atoms with van der Waals surface area (Å²) >= 11 is 0. The molecule has 2 aromatic heterocycles. The molecule has 0 aliphatic heterocycles. The molecule has 0 spiro atoms. The van der Waals surface area contributed by atoms with Crippen LogP contribution in [0.25, 0.3) is 55.9 Å². The third kappa shape index (κ3) is 3.62. The van der Waals surface area contributed by atoms with Crippen LogP contribution in [0.15, 0.2) is 132 Å². The molecule has 0 aliphatic carbocycles. The van der Waals surface area contributed by atoms with Crippen LogP contribution >= 0.6 is 0 Å². The first-order valence-corrected chi connectivity index (χ1v) is 11.1. The van der Waals surface area contributed by atoms with Gasteiger partial charge in [0.2, 0.25) is 0 Å². The Bertz CT molecular complexity index is 1530. The van der Waals surface area contributed by atoms with Gasteiger partial charge in [0.05, 0.1) is 11.3 Å². The number of hydrogen-bond donors (Lipinski definition) is 0. The Kier molecular flexibility index (Phi) is 4.82. The normalized spacial score (nSPS) is 11.0. The minimum atomic E-state index is 0.788. The Hall–Kier alpha value is -4.43. The van der Waals surface area contributed by atoms with Gasteiger partial charge in [-0.2, -0.15) is 0 Å². The highest BCUT2D eigenvalue weighted by Gasteiger charge is 2.19. The molecule has 4 aromatic carbocycles. The molecule has 6 rings (SSSR count). The third-order valence-electron chi connectivity index (χ3n) is 5.90. The van der Waals surface area contributed by atoms with E-state index in [4.69, 9.17) is 9.40 Å². The van der Waals surface area contributed by atoms with Crippen LogP contribution in [-0.4, -0.2) is 4.98 Å². The van der Waals surface area contributed by atoms with Crippen molar-refractivity contribution >= 4 is 11.1 Å². The fourth-order valence-corrected chi connectivity index (χ4v) is 4.29. The topological polar surface area (TPSA) is 26.0 Å². The first-order chi connectivity index (χ1) is 16.4. The lowest BCUT2D eigenvalue weighted by atomic mass is 9.99. The monoisotopic (exact) mass is 423 g/mol. The summed E-state index contributed by atoms with van der Waals surface area (Å²) in [5.74, 6) is 0.847. The van der Waals surface area contributed by atoms with E-state index < -0.39 is 0 Å². The molecule has 0 radical (unpaired) electrons. The molecule has 0 saturated carbocycles. The summed E-state index contributed by atoms with van der Waals surface area (Å²) in [6, 6.07) is 43.6. The Morgan fingerprint density at radius 3 is 1.73 bits per heavy atom. The standard InChI is InChI=1S/C31H21NO/c1-4-11-22(12-5-1)25-17-10-18-26(21-25)27-19-20-28-30(32-27)29(23-13-6-2-7-14-23)31(33-28)24-15-8-3-9-16-24/h1-21H. The summed E-state index contributed by atoms with van der Waals surface area (Å²) in [4.78, 5) is 5.11. The second-order valence-corrected chi connectivity index (χ2v) is 8.03. The lowest BCUT2D eigenvalue weighted by Crippen LogP contribution is -1.87. The van der Waals surface area contributed by atoms with E-state index in [0.717, 1.165) is 44.8 Å². The van der Waals surface area contributed by atoms with Crippen LogP contribution in [0.1, 0.15) is 0 Å². The predicted octanol–water partition coefficient (Wildman–Crippen LogP) is 8.50. The molecule has 0 atom stereocenters. The van der Waals surface area contributed by atoms with E-state index in [1.807, 2.05) is 42.5 Å². The summed E-state index contributed by atoms with van der Waals surface area (Å²) in [7, 11) is 0. The van der Waals surface area contributed by atoms with Gasteiger partial charge in [-0.25, -0.2) is 4.98 Å². The third-order valence-corrected chi connectivity index (χ3v) is 5.90. The predicted molar refractivity (Wildman–Crippen MR) is 136 cm³/mol. The number of fused-ring (bicyclic) bond motifs is 1. The number of hydrogen-bond acceptors (Lipinski definition) is 2. The van der Waals surface area contributed by atoms with E-state index >= 15 is 0 Å². The summed E-state index contributed by atoms with van der Waals surface area (Å²) in [6.07, 6.45) is 0. The molecule has 6 aromatic rings. The Balaban J connectivity index is 1.54. The van der Waals surface area contributed by atoms with E-state index in [1.165, 1.54) is 11.1 Å². The average molecular weight is 424 g/mol. The van der Waals surface area contributed by atoms with Crippen molar-refractivity contribution in [3.8, 4) is 44.8 Å². The molecule has 156 valence electrons. The summed E-state index contributed by atoms with van der Waals surface area (Å²) in [5, 5.41) is 0. The summed E-state index contributed by atoms with van der Waals surface area (Å²) in [6.45, 7) is 0. The van der Waals surface area contributed by atoms with Crippen LogP contribution in [0, 0.1) is 0 Å². The van der Waals surface area contributed by atoms with Gasteiger partial charge in [-0.3, -0.25) is 0 Å². The van der Waals surface area contributed by atoms with Crippen LogP contribution in [0.3, 0.4) is 0 Å². The first-order valence-electron chi connectivity index (χ1n) is 11.1. The van der Waals surface area contributed by atoms with Gasteiger partial charge in [-0.15, -0.1) is 0 Å². The molecule has 0 saturated heterocycles. The number of aromatic nitrogens is 1. The fourth-order valence-electron chi connectivity index (χ4n) is 4.29. The molecule has 2 nitrogen and oxygen atoms in total. The molecule has 0 aliphatic rings. The Morgan fingerprint density at radius 1 is 0.455 bits per heavy atom. The van der Waals surface area contributed by atoms with Crippen LogP contribution in [0.2, 0.25) is 0 Å². The molecule has 0 N–H and O–H groups in total. The van der Waals surface area contributed by atoms with Crippen molar-refractivity contribution in [3.63, 3.8) is 0 Å². The molecule has 0 bridgehead atoms. The number of rotatable bonds is 4. The minimum absolute atomic E-state index is 0.788. The van der Waals surface area contributed by atoms with Crippen LogP contribution in [0.4, 0.5) is 0 Å². The van der Waals surface area contributed by atoms with Gasteiger partial charge in [0.1, 0.15) is 11.3 Å². The van der Waals surface area contributed by atoms with Crippen molar-refractivity contribution in [3.05, 3.63) is 127 Å². The number of nitrogens with zero attached hydrogens (tertiary/aromatic N) is 1. The van der Waals surface area contributed by atoms with Gasteiger partial charge in [-0.1, -0.05) is 109 Å². The molecule has 0 fully saturated rings. The smallest absolute Gasteiger partial charge is 0.153 e. The zero-order chi connectivity index (χ0) is 22.0. The molecule has 0 amide bonds. The van der Waals surface area contributed by atoms with Gasteiger partial charge < -0.3 is 4.42 Å². The van der Waals surface area contributed by atoms with Crippen LogP contribution in [-0.2, 0) is 0 Å². The Morgan fingerprint density at radius 2 is 1.03 bits per heavy atom. The first kappa shape index (κ1) is 19.3.